The summed E-state index contributed by atoms with van der Waals surface area (Å²) in [6.45, 7) is 0.555. The molecule has 0 saturated carbocycles. The maximum absolute atomic E-state index is 12.6. The molecule has 0 amide bonds. The van der Waals surface area contributed by atoms with Gasteiger partial charge in [0.25, 0.3) is 5.69 Å². The van der Waals surface area contributed by atoms with Crippen LogP contribution in [0.5, 0.6) is 0 Å². The number of nitro benzene ring substituents is 1. The van der Waals surface area contributed by atoms with E-state index in [0.29, 0.717) is 6.92 Å². The zero-order chi connectivity index (χ0) is 14.4. The van der Waals surface area contributed by atoms with Crippen LogP contribution in [0, 0.1) is 10.1 Å². The van der Waals surface area contributed by atoms with E-state index in [9.17, 15) is 28.4 Å². The summed E-state index contributed by atoms with van der Waals surface area (Å²) in [6.07, 6.45) is -4.91. The molecular weight excluding hydrogens is 267 g/mol. The Kier molecular flexibility index (Phi) is 2.74. The van der Waals surface area contributed by atoms with E-state index < -0.39 is 22.5 Å². The lowest BCUT2D eigenvalue weighted by molar-refractivity contribution is -0.384. The molecule has 2 rings (SSSR count). The standard InChI is InChI=1S/C10H8F3N3O3/c1-9(17,10(11,12)13)8-14-6-3-2-5(16(18)19)4-7(6)15-8/h2-4,17H,1H3,(H,14,15). The summed E-state index contributed by atoms with van der Waals surface area (Å²) in [5.41, 5.74) is -3.29. The van der Waals surface area contributed by atoms with Gasteiger partial charge in [0.2, 0.25) is 5.60 Å². The minimum Gasteiger partial charge on any atom is -0.374 e. The molecule has 1 atom stereocenters. The number of aliphatic hydroxyl groups is 1. The molecule has 1 unspecified atom stereocenters. The molecule has 1 aromatic heterocycles. The number of H-pyrrole nitrogens is 1. The summed E-state index contributed by atoms with van der Waals surface area (Å²) in [4.78, 5) is 15.7. The van der Waals surface area contributed by atoms with Crippen molar-refractivity contribution in [2.75, 3.05) is 0 Å². The topological polar surface area (TPSA) is 92.1 Å². The zero-order valence-corrected chi connectivity index (χ0v) is 9.52. The van der Waals surface area contributed by atoms with Gasteiger partial charge < -0.3 is 10.1 Å². The number of hydrogen-bond acceptors (Lipinski definition) is 4. The number of hydrogen-bond donors (Lipinski definition) is 2. The van der Waals surface area contributed by atoms with Crippen LogP contribution in [0.4, 0.5) is 18.9 Å². The monoisotopic (exact) mass is 275 g/mol. The normalized spacial score (nSPS) is 15.4. The molecule has 2 aromatic rings. The van der Waals surface area contributed by atoms with E-state index in [1.807, 2.05) is 0 Å². The Morgan fingerprint density at radius 3 is 2.58 bits per heavy atom. The number of halogens is 3. The molecule has 0 bridgehead atoms. The molecular formula is C10H8F3N3O3. The van der Waals surface area contributed by atoms with Crippen LogP contribution < -0.4 is 0 Å². The Hall–Kier alpha value is -2.16. The summed E-state index contributed by atoms with van der Waals surface area (Å²) in [5, 5.41) is 20.0. The van der Waals surface area contributed by atoms with Gasteiger partial charge in [-0.15, -0.1) is 0 Å². The van der Waals surface area contributed by atoms with Crippen LogP contribution >= 0.6 is 0 Å². The molecule has 0 saturated heterocycles. The average molecular weight is 275 g/mol. The van der Waals surface area contributed by atoms with Crippen molar-refractivity contribution in [2.24, 2.45) is 0 Å². The van der Waals surface area contributed by atoms with Crippen LogP contribution in [0.25, 0.3) is 11.0 Å². The molecule has 0 radical (unpaired) electrons. The zero-order valence-electron chi connectivity index (χ0n) is 9.52. The van der Waals surface area contributed by atoms with Crippen molar-refractivity contribution in [3.05, 3.63) is 34.1 Å². The van der Waals surface area contributed by atoms with E-state index in [4.69, 9.17) is 0 Å². The number of nitrogens with zero attached hydrogens (tertiary/aromatic N) is 2. The van der Waals surface area contributed by atoms with Gasteiger partial charge in [0.05, 0.1) is 16.0 Å². The van der Waals surface area contributed by atoms with Gasteiger partial charge in [-0.1, -0.05) is 0 Å². The molecule has 0 spiro atoms. The molecule has 19 heavy (non-hydrogen) atoms. The quantitative estimate of drug-likeness (QED) is 0.649. The summed E-state index contributed by atoms with van der Waals surface area (Å²) < 4.78 is 37.9. The third-order valence-corrected chi connectivity index (χ3v) is 2.69. The van der Waals surface area contributed by atoms with Crippen molar-refractivity contribution >= 4 is 16.7 Å². The summed E-state index contributed by atoms with van der Waals surface area (Å²) in [7, 11) is 0. The van der Waals surface area contributed by atoms with E-state index >= 15 is 0 Å². The molecule has 9 heteroatoms. The SMILES string of the molecule is CC(O)(c1nc2cc([N+](=O)[O-])ccc2[nH]1)C(F)(F)F. The second-order valence-corrected chi connectivity index (χ2v) is 4.11. The summed E-state index contributed by atoms with van der Waals surface area (Å²) >= 11 is 0. The minimum atomic E-state index is -4.91. The van der Waals surface area contributed by atoms with Crippen molar-refractivity contribution in [3.8, 4) is 0 Å². The first-order valence-corrected chi connectivity index (χ1v) is 5.06. The first kappa shape index (κ1) is 13.3. The molecule has 1 aromatic carbocycles. The first-order chi connectivity index (χ1) is 8.63. The number of alkyl halides is 3. The Morgan fingerprint density at radius 1 is 1.42 bits per heavy atom. The van der Waals surface area contributed by atoms with E-state index in [0.717, 1.165) is 12.1 Å². The van der Waals surface area contributed by atoms with Gasteiger partial charge in [-0.3, -0.25) is 10.1 Å². The maximum Gasteiger partial charge on any atom is 0.424 e. The predicted octanol–water partition coefficient (Wildman–Crippen LogP) is 2.24. The van der Waals surface area contributed by atoms with Gasteiger partial charge >= 0.3 is 6.18 Å². The number of aromatic nitrogens is 2. The Labute approximate surface area is 104 Å². The van der Waals surface area contributed by atoms with Gasteiger partial charge in [-0.05, 0) is 13.0 Å². The second kappa shape index (κ2) is 3.92. The van der Waals surface area contributed by atoms with E-state index in [1.165, 1.54) is 6.07 Å². The molecule has 0 aliphatic heterocycles. The third kappa shape index (κ3) is 2.12. The molecule has 6 nitrogen and oxygen atoms in total. The second-order valence-electron chi connectivity index (χ2n) is 4.11. The number of fused-ring (bicyclic) bond motifs is 1. The van der Waals surface area contributed by atoms with Crippen molar-refractivity contribution in [1.29, 1.82) is 0 Å². The number of aromatic amines is 1. The van der Waals surface area contributed by atoms with E-state index in [-0.39, 0.29) is 16.7 Å². The molecule has 0 fully saturated rings. The summed E-state index contributed by atoms with van der Waals surface area (Å²) in [5.74, 6) is -0.713. The summed E-state index contributed by atoms with van der Waals surface area (Å²) in [6, 6.07) is 3.39. The number of nitrogens with one attached hydrogen (secondary N) is 1. The first-order valence-electron chi connectivity index (χ1n) is 5.06. The van der Waals surface area contributed by atoms with Crippen molar-refractivity contribution in [3.63, 3.8) is 0 Å². The van der Waals surface area contributed by atoms with E-state index in [1.54, 1.807) is 0 Å². The maximum atomic E-state index is 12.6. The van der Waals surface area contributed by atoms with Gasteiger partial charge in [0.15, 0.2) is 0 Å². The molecule has 1 heterocycles. The Morgan fingerprint density at radius 2 is 2.05 bits per heavy atom. The highest BCUT2D eigenvalue weighted by Gasteiger charge is 2.53. The number of nitro groups is 1. The van der Waals surface area contributed by atoms with Crippen molar-refractivity contribution in [1.82, 2.24) is 9.97 Å². The minimum absolute atomic E-state index is 0.0197. The van der Waals surface area contributed by atoms with Gasteiger partial charge in [0, 0.05) is 12.1 Å². The molecule has 102 valence electrons. The van der Waals surface area contributed by atoms with Crippen LogP contribution in [-0.2, 0) is 5.60 Å². The van der Waals surface area contributed by atoms with Crippen LogP contribution in [0.3, 0.4) is 0 Å². The lowest BCUT2D eigenvalue weighted by Crippen LogP contribution is -2.40. The van der Waals surface area contributed by atoms with Crippen LogP contribution in [0.1, 0.15) is 12.7 Å². The van der Waals surface area contributed by atoms with Crippen molar-refractivity contribution in [2.45, 2.75) is 18.7 Å². The number of benzene rings is 1. The highest BCUT2D eigenvalue weighted by atomic mass is 19.4. The third-order valence-electron chi connectivity index (χ3n) is 2.69. The van der Waals surface area contributed by atoms with Crippen LogP contribution in [0.15, 0.2) is 18.2 Å². The Bertz CT molecular complexity index is 648. The van der Waals surface area contributed by atoms with Gasteiger partial charge in [-0.25, -0.2) is 4.98 Å². The Balaban J connectivity index is 2.56. The number of non-ortho nitro benzene ring substituents is 1. The van der Waals surface area contributed by atoms with Gasteiger partial charge in [0.1, 0.15) is 5.82 Å². The number of imidazole rings is 1. The average Bonchev–Trinajstić information content (AvgIpc) is 2.70. The van der Waals surface area contributed by atoms with Crippen LogP contribution in [0.2, 0.25) is 0 Å². The van der Waals surface area contributed by atoms with Crippen molar-refractivity contribution < 1.29 is 23.2 Å². The smallest absolute Gasteiger partial charge is 0.374 e. The largest absolute Gasteiger partial charge is 0.424 e. The lowest BCUT2D eigenvalue weighted by Gasteiger charge is -2.23. The molecule has 0 aliphatic carbocycles. The fourth-order valence-corrected chi connectivity index (χ4v) is 1.47. The van der Waals surface area contributed by atoms with Gasteiger partial charge in [-0.2, -0.15) is 13.2 Å². The predicted molar refractivity (Wildman–Crippen MR) is 58.4 cm³/mol. The number of rotatable bonds is 2. The highest BCUT2D eigenvalue weighted by Crippen LogP contribution is 2.37. The lowest BCUT2D eigenvalue weighted by atomic mass is 10.1. The highest BCUT2D eigenvalue weighted by molar-refractivity contribution is 5.78. The van der Waals surface area contributed by atoms with E-state index in [2.05, 4.69) is 9.97 Å². The fraction of sp³-hybridized carbons (Fsp3) is 0.300. The molecule has 0 aliphatic rings. The van der Waals surface area contributed by atoms with Crippen LogP contribution in [-0.4, -0.2) is 26.2 Å². The fourth-order valence-electron chi connectivity index (χ4n) is 1.47. The molecule has 2 N–H and O–H groups in total.